The Kier molecular flexibility index (Phi) is 25.9. The van der Waals surface area contributed by atoms with Crippen molar-refractivity contribution in [3.63, 3.8) is 0 Å². The first-order valence-corrected chi connectivity index (χ1v) is 3.27. The van der Waals surface area contributed by atoms with E-state index in [4.69, 9.17) is 5.11 Å². The third-order valence-electron chi connectivity index (χ3n) is 0.574. The van der Waals surface area contributed by atoms with E-state index in [1.165, 1.54) is 0 Å². The zero-order valence-electron chi connectivity index (χ0n) is 7.59. The number of carboxylic acid groups (broad SMARTS) is 1. The monoisotopic (exact) mass is 154 g/mol. The maximum Gasteiger partial charge on any atom is 1.00 e. The summed E-state index contributed by atoms with van der Waals surface area (Å²) in [7, 11) is 0. The Morgan fingerprint density at radius 2 is 2.00 bits per heavy atom. The molecule has 0 aliphatic heterocycles. The summed E-state index contributed by atoms with van der Waals surface area (Å²) < 4.78 is 4.64. The molecule has 3 nitrogen and oxygen atoms in total. The minimum absolute atomic E-state index is 0. The molecule has 0 bridgehead atoms. The third kappa shape index (κ3) is 25.6. The van der Waals surface area contributed by atoms with E-state index in [2.05, 4.69) is 11.7 Å². The van der Waals surface area contributed by atoms with Crippen molar-refractivity contribution in [1.29, 1.82) is 0 Å². The molecule has 4 heteroatoms. The Labute approximate surface area is 80.3 Å². The minimum atomic E-state index is -0.904. The van der Waals surface area contributed by atoms with Gasteiger partial charge in [-0.3, -0.25) is 0 Å². The maximum atomic E-state index is 9.75. The second kappa shape index (κ2) is 16.5. The molecule has 0 aromatic heterocycles. The summed E-state index contributed by atoms with van der Waals surface area (Å²) in [5, 5.41) is 8.02. The van der Waals surface area contributed by atoms with Crippen LogP contribution in [-0.2, 0) is 9.53 Å². The van der Waals surface area contributed by atoms with Crippen molar-refractivity contribution in [1.82, 2.24) is 0 Å². The molecule has 1 N–H and O–H groups in total. The summed E-state index contributed by atoms with van der Waals surface area (Å²) in [5.74, 6) is -0.904. The van der Waals surface area contributed by atoms with Crippen LogP contribution in [-0.4, -0.2) is 24.3 Å². The number of aliphatic carboxylic acids is 1. The predicted octanol–water partition coefficient (Wildman–Crippen LogP) is -1.66. The Morgan fingerprint density at radius 1 is 1.55 bits per heavy atom. The Hall–Kier alpha value is 0.0274. The molecule has 0 aliphatic carbocycles. The molecule has 0 fully saturated rings. The van der Waals surface area contributed by atoms with Crippen molar-refractivity contribution in [3.05, 3.63) is 6.92 Å². The van der Waals surface area contributed by atoms with Crippen LogP contribution in [0.4, 0.5) is 0 Å². The number of ether oxygens (including phenoxy) is 1. The van der Waals surface area contributed by atoms with Gasteiger partial charge in [0.2, 0.25) is 0 Å². The zero-order chi connectivity index (χ0) is 8.41. The van der Waals surface area contributed by atoms with Crippen molar-refractivity contribution < 1.29 is 33.5 Å². The predicted molar refractivity (Wildman–Crippen MR) is 39.8 cm³/mol. The quantitative estimate of drug-likeness (QED) is 0.299. The van der Waals surface area contributed by atoms with Gasteiger partial charge in [-0.1, -0.05) is 6.92 Å². The molecule has 0 rings (SSSR count). The van der Waals surface area contributed by atoms with Crippen LogP contribution in [0.1, 0.15) is 20.3 Å². The molecule has 0 amide bonds. The van der Waals surface area contributed by atoms with Crippen LogP contribution in [0.2, 0.25) is 0 Å². The van der Waals surface area contributed by atoms with Gasteiger partial charge >= 0.3 is 24.8 Å². The van der Waals surface area contributed by atoms with Crippen LogP contribution in [0.25, 0.3) is 0 Å². The fourth-order valence-corrected chi connectivity index (χ4v) is 0.304. The fourth-order valence-electron chi connectivity index (χ4n) is 0.304. The standard InChI is InChI=1S/C5H10O3.C2H5.Li/c1-2-3-8-4-5(6)7;1-2;/h2-4H2,1H3,(H,6,7);1H2,2H3;/q;-1;+1. The largest absolute Gasteiger partial charge is 1.00 e. The number of hydrogen-bond acceptors (Lipinski definition) is 2. The third-order valence-corrected chi connectivity index (χ3v) is 0.574. The summed E-state index contributed by atoms with van der Waals surface area (Å²) in [5.41, 5.74) is 0. The van der Waals surface area contributed by atoms with E-state index in [1.54, 1.807) is 6.92 Å². The first-order chi connectivity index (χ1) is 4.77. The van der Waals surface area contributed by atoms with Gasteiger partial charge in [0.05, 0.1) is 0 Å². The molecule has 0 radical (unpaired) electrons. The topological polar surface area (TPSA) is 46.5 Å². The molecule has 0 heterocycles. The van der Waals surface area contributed by atoms with Gasteiger partial charge in [-0.25, -0.2) is 4.79 Å². The molecular weight excluding hydrogens is 139 g/mol. The summed E-state index contributed by atoms with van der Waals surface area (Å²) >= 11 is 0. The summed E-state index contributed by atoms with van der Waals surface area (Å²) in [4.78, 5) is 9.75. The molecular formula is C7H15LiO3. The number of hydrogen-bond donors (Lipinski definition) is 1. The van der Waals surface area contributed by atoms with Gasteiger partial charge in [-0.15, -0.1) is 0 Å². The van der Waals surface area contributed by atoms with Gasteiger partial charge in [0, 0.05) is 6.61 Å². The Morgan fingerprint density at radius 3 is 2.27 bits per heavy atom. The van der Waals surface area contributed by atoms with Crippen molar-refractivity contribution in [2.75, 3.05) is 13.2 Å². The summed E-state index contributed by atoms with van der Waals surface area (Å²) in [6, 6.07) is 0. The van der Waals surface area contributed by atoms with Crippen LogP contribution < -0.4 is 18.9 Å². The molecule has 0 atom stereocenters. The first-order valence-electron chi connectivity index (χ1n) is 3.27. The minimum Gasteiger partial charge on any atom is -0.480 e. The SMILES string of the molecule is CCCOCC(=O)O.[CH2-]C.[Li+]. The molecule has 0 aromatic carbocycles. The van der Waals surface area contributed by atoms with Crippen LogP contribution in [0.15, 0.2) is 0 Å². The molecule has 0 aromatic rings. The van der Waals surface area contributed by atoms with Gasteiger partial charge < -0.3 is 16.8 Å². The van der Waals surface area contributed by atoms with Crippen molar-refractivity contribution >= 4 is 5.97 Å². The normalized spacial score (nSPS) is 7.18. The van der Waals surface area contributed by atoms with E-state index in [1.807, 2.05) is 6.92 Å². The summed E-state index contributed by atoms with van der Waals surface area (Å²) in [6.45, 7) is 7.29. The van der Waals surface area contributed by atoms with Gasteiger partial charge in [0.1, 0.15) is 6.61 Å². The van der Waals surface area contributed by atoms with Crippen LogP contribution in [0, 0.1) is 6.92 Å². The van der Waals surface area contributed by atoms with E-state index < -0.39 is 5.97 Å². The average Bonchev–Trinajstić information content (AvgIpc) is 1.92. The number of carboxylic acids is 1. The molecule has 0 unspecified atom stereocenters. The zero-order valence-corrected chi connectivity index (χ0v) is 7.59. The van der Waals surface area contributed by atoms with Gasteiger partial charge in [0.15, 0.2) is 0 Å². The maximum absolute atomic E-state index is 9.75. The first kappa shape index (κ1) is 17.2. The molecule has 62 valence electrons. The van der Waals surface area contributed by atoms with E-state index in [0.29, 0.717) is 6.61 Å². The molecule has 0 saturated heterocycles. The number of carbonyl (C=O) groups is 1. The van der Waals surface area contributed by atoms with Gasteiger partial charge in [0.25, 0.3) is 0 Å². The van der Waals surface area contributed by atoms with E-state index >= 15 is 0 Å². The van der Waals surface area contributed by atoms with E-state index in [9.17, 15) is 4.79 Å². The Bertz CT molecular complexity index is 76.1. The molecule has 0 saturated carbocycles. The summed E-state index contributed by atoms with van der Waals surface area (Å²) in [6.07, 6.45) is 0.868. The molecule has 0 spiro atoms. The molecule has 11 heavy (non-hydrogen) atoms. The Balaban J connectivity index is -0.000000196. The smallest absolute Gasteiger partial charge is 0.480 e. The molecule has 0 aliphatic rings. The van der Waals surface area contributed by atoms with Crippen molar-refractivity contribution in [2.24, 2.45) is 0 Å². The second-order valence-corrected chi connectivity index (χ2v) is 1.45. The van der Waals surface area contributed by atoms with Crippen LogP contribution in [0.5, 0.6) is 0 Å². The van der Waals surface area contributed by atoms with Gasteiger partial charge in [-0.05, 0) is 6.42 Å². The number of rotatable bonds is 4. The second-order valence-electron chi connectivity index (χ2n) is 1.45. The average molecular weight is 154 g/mol. The van der Waals surface area contributed by atoms with Crippen LogP contribution >= 0.6 is 0 Å². The fraction of sp³-hybridized carbons (Fsp3) is 0.714. The van der Waals surface area contributed by atoms with Crippen molar-refractivity contribution in [2.45, 2.75) is 20.3 Å². The van der Waals surface area contributed by atoms with Gasteiger partial charge in [-0.2, -0.15) is 6.92 Å². The van der Waals surface area contributed by atoms with E-state index in [0.717, 1.165) is 6.42 Å². The van der Waals surface area contributed by atoms with Crippen molar-refractivity contribution in [3.8, 4) is 0 Å². The van der Waals surface area contributed by atoms with Crippen LogP contribution in [0.3, 0.4) is 0 Å². The van der Waals surface area contributed by atoms with E-state index in [-0.39, 0.29) is 25.5 Å².